The van der Waals surface area contributed by atoms with E-state index in [2.05, 4.69) is 10.3 Å². The van der Waals surface area contributed by atoms with Crippen LogP contribution >= 0.6 is 0 Å². The van der Waals surface area contributed by atoms with Gasteiger partial charge < -0.3 is 9.30 Å². The minimum atomic E-state index is -0.768. The Bertz CT molecular complexity index is 1410. The molecule has 0 bridgehead atoms. The summed E-state index contributed by atoms with van der Waals surface area (Å²) in [6.07, 6.45) is 0. The van der Waals surface area contributed by atoms with E-state index in [4.69, 9.17) is 4.74 Å². The molecule has 2 heterocycles. The molecule has 0 aliphatic carbocycles. The third-order valence-corrected chi connectivity index (χ3v) is 5.40. The normalized spacial score (nSPS) is 11.0. The molecule has 9 heteroatoms. The number of ketones is 1. The third kappa shape index (κ3) is 4.72. The quantitative estimate of drug-likeness (QED) is 0.319. The molecule has 0 saturated carbocycles. The fourth-order valence-corrected chi connectivity index (χ4v) is 3.62. The first-order valence-electron chi connectivity index (χ1n) is 10.3. The number of carbonyl (C=O) groups excluding carboxylic acids is 2. The first-order valence-corrected chi connectivity index (χ1v) is 10.3. The van der Waals surface area contributed by atoms with Gasteiger partial charge in [-0.15, -0.1) is 5.10 Å². The van der Waals surface area contributed by atoms with Crippen LogP contribution < -0.4 is 5.56 Å². The summed E-state index contributed by atoms with van der Waals surface area (Å²) in [5, 5.41) is 8.00. The summed E-state index contributed by atoms with van der Waals surface area (Å²) in [6.45, 7) is 3.23. The van der Waals surface area contributed by atoms with Crippen molar-refractivity contribution in [1.82, 2.24) is 19.6 Å². The number of rotatable bonds is 7. The van der Waals surface area contributed by atoms with E-state index in [1.165, 1.54) is 12.1 Å². The average Bonchev–Trinajstić information content (AvgIpc) is 3.09. The van der Waals surface area contributed by atoms with Crippen molar-refractivity contribution in [2.45, 2.75) is 26.9 Å². The Morgan fingerprint density at radius 3 is 2.55 bits per heavy atom. The van der Waals surface area contributed by atoms with Crippen LogP contribution in [0.1, 0.15) is 27.3 Å². The maximum Gasteiger partial charge on any atom is 0.328 e. The van der Waals surface area contributed by atoms with Gasteiger partial charge in [0.15, 0.2) is 6.61 Å². The molecule has 0 radical (unpaired) electrons. The van der Waals surface area contributed by atoms with Crippen LogP contribution in [0.2, 0.25) is 0 Å². The maximum absolute atomic E-state index is 13.2. The summed E-state index contributed by atoms with van der Waals surface area (Å²) < 4.78 is 21.1. The molecule has 0 atom stereocenters. The standard InChI is InChI=1S/C24H21FN4O4/c1-15-11-20(16(2)28(15)12-17-7-9-18(25)10-8-17)22(30)14-33-23(31)13-29-24(32)19-5-3-4-6-21(19)26-27-29/h3-11H,12-14H2,1-2H3. The zero-order valence-corrected chi connectivity index (χ0v) is 18.1. The predicted molar refractivity (Wildman–Crippen MR) is 118 cm³/mol. The summed E-state index contributed by atoms with van der Waals surface area (Å²) in [5.74, 6) is -1.44. The van der Waals surface area contributed by atoms with Crippen molar-refractivity contribution in [3.63, 3.8) is 0 Å². The average molecular weight is 448 g/mol. The third-order valence-electron chi connectivity index (χ3n) is 5.40. The highest BCUT2D eigenvalue weighted by atomic mass is 19.1. The molecule has 0 N–H and O–H groups in total. The molecule has 4 aromatic rings. The van der Waals surface area contributed by atoms with Crippen LogP contribution in [-0.4, -0.2) is 37.9 Å². The molecule has 168 valence electrons. The van der Waals surface area contributed by atoms with Crippen molar-refractivity contribution in [2.24, 2.45) is 0 Å². The lowest BCUT2D eigenvalue weighted by Crippen LogP contribution is -2.29. The van der Waals surface area contributed by atoms with E-state index in [0.29, 0.717) is 23.0 Å². The van der Waals surface area contributed by atoms with E-state index in [1.807, 2.05) is 11.5 Å². The molecule has 2 aromatic heterocycles. The molecule has 2 aromatic carbocycles. The minimum Gasteiger partial charge on any atom is -0.456 e. The Morgan fingerprint density at radius 1 is 1.06 bits per heavy atom. The summed E-state index contributed by atoms with van der Waals surface area (Å²) in [6, 6.07) is 14.6. The van der Waals surface area contributed by atoms with E-state index in [9.17, 15) is 18.8 Å². The minimum absolute atomic E-state index is 0.311. The number of esters is 1. The van der Waals surface area contributed by atoms with Gasteiger partial charge in [0.25, 0.3) is 5.56 Å². The van der Waals surface area contributed by atoms with Crippen molar-refractivity contribution in [3.05, 3.63) is 93.3 Å². The lowest BCUT2D eigenvalue weighted by Gasteiger charge is -2.10. The van der Waals surface area contributed by atoms with Crippen LogP contribution in [0.3, 0.4) is 0 Å². The fraction of sp³-hybridized carbons (Fsp3) is 0.208. The van der Waals surface area contributed by atoms with Crippen molar-refractivity contribution in [3.8, 4) is 0 Å². The molecule has 4 rings (SSSR count). The number of benzene rings is 2. The van der Waals surface area contributed by atoms with Crippen LogP contribution in [0.15, 0.2) is 59.4 Å². The summed E-state index contributed by atoms with van der Waals surface area (Å²) in [5.41, 5.74) is 2.86. The molecule has 0 saturated heterocycles. The second-order valence-corrected chi connectivity index (χ2v) is 7.65. The topological polar surface area (TPSA) is 96.1 Å². The highest BCUT2D eigenvalue weighted by molar-refractivity contribution is 5.99. The molecule has 0 aliphatic heterocycles. The van der Waals surface area contributed by atoms with Gasteiger partial charge in [0.1, 0.15) is 17.9 Å². The van der Waals surface area contributed by atoms with Gasteiger partial charge in [-0.1, -0.05) is 29.5 Å². The Labute approximate surface area is 188 Å². The van der Waals surface area contributed by atoms with Crippen molar-refractivity contribution < 1.29 is 18.7 Å². The van der Waals surface area contributed by atoms with Crippen molar-refractivity contribution >= 4 is 22.7 Å². The lowest BCUT2D eigenvalue weighted by molar-refractivity contribution is -0.143. The van der Waals surface area contributed by atoms with Crippen LogP contribution in [0.4, 0.5) is 4.39 Å². The van der Waals surface area contributed by atoms with E-state index in [0.717, 1.165) is 21.6 Å². The first-order chi connectivity index (χ1) is 15.8. The SMILES string of the molecule is Cc1cc(C(=O)COC(=O)Cn2nnc3ccccc3c2=O)c(C)n1Cc1ccc(F)cc1. The number of carbonyl (C=O) groups is 2. The second-order valence-electron chi connectivity index (χ2n) is 7.65. The zero-order valence-electron chi connectivity index (χ0n) is 18.1. The highest BCUT2D eigenvalue weighted by Gasteiger charge is 2.18. The molecule has 0 fully saturated rings. The molecule has 0 unspecified atom stereocenters. The van der Waals surface area contributed by atoms with E-state index >= 15 is 0 Å². The largest absolute Gasteiger partial charge is 0.456 e. The lowest BCUT2D eigenvalue weighted by atomic mass is 10.1. The molecule has 8 nitrogen and oxygen atoms in total. The van der Waals surface area contributed by atoms with Gasteiger partial charge in [-0.25, -0.2) is 4.39 Å². The number of fused-ring (bicyclic) bond motifs is 1. The van der Waals surface area contributed by atoms with Crippen LogP contribution in [0, 0.1) is 19.7 Å². The predicted octanol–water partition coefficient (Wildman–Crippen LogP) is 2.82. The summed E-state index contributed by atoms with van der Waals surface area (Å²) >= 11 is 0. The maximum atomic E-state index is 13.2. The number of halogens is 1. The summed E-state index contributed by atoms with van der Waals surface area (Å²) in [4.78, 5) is 37.4. The van der Waals surface area contributed by atoms with Gasteiger partial charge in [-0.3, -0.25) is 14.4 Å². The molecule has 0 amide bonds. The van der Waals surface area contributed by atoms with E-state index in [1.54, 1.807) is 49.4 Å². The second kappa shape index (κ2) is 9.15. The fourth-order valence-electron chi connectivity index (χ4n) is 3.62. The smallest absolute Gasteiger partial charge is 0.328 e. The highest BCUT2D eigenvalue weighted by Crippen LogP contribution is 2.18. The Balaban J connectivity index is 1.41. The van der Waals surface area contributed by atoms with Gasteiger partial charge in [0.05, 0.1) is 5.39 Å². The van der Waals surface area contributed by atoms with Crippen molar-refractivity contribution in [1.29, 1.82) is 0 Å². The number of hydrogen-bond acceptors (Lipinski definition) is 6. The zero-order chi connectivity index (χ0) is 23.5. The monoisotopic (exact) mass is 448 g/mol. The molecule has 0 spiro atoms. The Morgan fingerprint density at radius 2 is 1.79 bits per heavy atom. The van der Waals surface area contributed by atoms with Gasteiger partial charge in [-0.05, 0) is 49.7 Å². The molecule has 0 aliphatic rings. The summed E-state index contributed by atoms with van der Waals surface area (Å²) in [7, 11) is 0. The Hall–Kier alpha value is -4.14. The van der Waals surface area contributed by atoms with E-state index in [-0.39, 0.29) is 11.6 Å². The van der Waals surface area contributed by atoms with Crippen LogP contribution in [0.5, 0.6) is 0 Å². The molecule has 33 heavy (non-hydrogen) atoms. The van der Waals surface area contributed by atoms with Crippen LogP contribution in [-0.2, 0) is 22.6 Å². The van der Waals surface area contributed by atoms with Gasteiger partial charge >= 0.3 is 5.97 Å². The van der Waals surface area contributed by atoms with Gasteiger partial charge in [0, 0.05) is 23.5 Å². The van der Waals surface area contributed by atoms with Crippen molar-refractivity contribution in [2.75, 3.05) is 6.61 Å². The van der Waals surface area contributed by atoms with Gasteiger partial charge in [-0.2, -0.15) is 4.68 Å². The number of nitrogens with zero attached hydrogens (tertiary/aromatic N) is 4. The van der Waals surface area contributed by atoms with Gasteiger partial charge in [0.2, 0.25) is 5.78 Å². The number of aromatic nitrogens is 4. The number of Topliss-reactive ketones (excluding diaryl/α,β-unsaturated/α-hetero) is 1. The van der Waals surface area contributed by atoms with Crippen LogP contribution in [0.25, 0.3) is 10.9 Å². The molecular formula is C24H21FN4O4. The Kier molecular flexibility index (Phi) is 6.12. The number of aryl methyl sites for hydroxylation is 1. The van der Waals surface area contributed by atoms with E-state index < -0.39 is 24.7 Å². The molecular weight excluding hydrogens is 427 g/mol. The number of ether oxygens (including phenoxy) is 1. The number of hydrogen-bond donors (Lipinski definition) is 0. The first kappa shape index (κ1) is 22.1.